The fraction of sp³-hybridized carbons (Fsp3) is 0.312. The largest absolute Gasteiger partial charge is 0.467 e. The topological polar surface area (TPSA) is 46.4 Å². The van der Waals surface area contributed by atoms with Crippen molar-refractivity contribution in [2.24, 2.45) is 0 Å². The van der Waals surface area contributed by atoms with Gasteiger partial charge in [-0.25, -0.2) is 0 Å². The van der Waals surface area contributed by atoms with E-state index in [-0.39, 0.29) is 0 Å². The number of hydrogen-bond acceptors (Lipinski definition) is 3. The van der Waals surface area contributed by atoms with Crippen LogP contribution in [0, 0.1) is 6.92 Å². The Morgan fingerprint density at radius 1 is 1.32 bits per heavy atom. The Balaban J connectivity index is 1.60. The molecule has 0 bridgehead atoms. The third-order valence-electron chi connectivity index (χ3n) is 3.09. The van der Waals surface area contributed by atoms with Crippen molar-refractivity contribution in [1.82, 2.24) is 5.32 Å². The van der Waals surface area contributed by atoms with Gasteiger partial charge in [-0.2, -0.15) is 0 Å². The Morgan fingerprint density at radius 3 is 2.95 bits per heavy atom. The smallest absolute Gasteiger partial charge is 0.170 e. The van der Waals surface area contributed by atoms with Gasteiger partial charge in [0.05, 0.1) is 6.26 Å². The van der Waals surface area contributed by atoms with Crippen molar-refractivity contribution in [1.29, 1.82) is 0 Å². The van der Waals surface area contributed by atoms with E-state index in [9.17, 15) is 0 Å². The number of halogens is 1. The molecular weight excluding hydrogens is 320 g/mol. The molecule has 1 heterocycles. The molecule has 0 unspecified atom stereocenters. The molecule has 0 aliphatic heterocycles. The highest BCUT2D eigenvalue weighted by Gasteiger charge is 2.03. The lowest BCUT2D eigenvalue weighted by Crippen LogP contribution is -2.30. The third kappa shape index (κ3) is 5.33. The second kappa shape index (κ2) is 8.78. The quantitative estimate of drug-likeness (QED) is 0.587. The SMILES string of the molecule is Cc1c(Cl)cccc1NC(=S)NCCCOCc1ccco1. The molecule has 0 spiro atoms. The summed E-state index contributed by atoms with van der Waals surface area (Å²) in [4.78, 5) is 0. The van der Waals surface area contributed by atoms with Gasteiger partial charge in [0, 0.05) is 23.9 Å². The predicted molar refractivity (Wildman–Crippen MR) is 93.4 cm³/mol. The summed E-state index contributed by atoms with van der Waals surface area (Å²) in [5.74, 6) is 0.835. The van der Waals surface area contributed by atoms with Crippen LogP contribution in [0.15, 0.2) is 41.0 Å². The Labute approximate surface area is 140 Å². The monoisotopic (exact) mass is 338 g/mol. The molecule has 0 aliphatic rings. The van der Waals surface area contributed by atoms with Crippen LogP contribution in [0.5, 0.6) is 0 Å². The maximum atomic E-state index is 6.07. The predicted octanol–water partition coefficient (Wildman–Crippen LogP) is 4.13. The van der Waals surface area contributed by atoms with Gasteiger partial charge in [-0.05, 0) is 55.4 Å². The van der Waals surface area contributed by atoms with Crippen molar-refractivity contribution >= 4 is 34.6 Å². The van der Waals surface area contributed by atoms with E-state index in [1.54, 1.807) is 6.26 Å². The van der Waals surface area contributed by atoms with Crippen LogP contribution in [0.4, 0.5) is 5.69 Å². The normalized spacial score (nSPS) is 10.5. The summed E-state index contributed by atoms with van der Waals surface area (Å²) in [5, 5.41) is 7.59. The van der Waals surface area contributed by atoms with E-state index < -0.39 is 0 Å². The van der Waals surface area contributed by atoms with Crippen LogP contribution in [0.3, 0.4) is 0 Å². The highest BCUT2D eigenvalue weighted by Crippen LogP contribution is 2.22. The molecule has 4 nitrogen and oxygen atoms in total. The van der Waals surface area contributed by atoms with Gasteiger partial charge in [0.15, 0.2) is 5.11 Å². The van der Waals surface area contributed by atoms with Gasteiger partial charge in [-0.3, -0.25) is 0 Å². The average molecular weight is 339 g/mol. The summed E-state index contributed by atoms with van der Waals surface area (Å²) in [6.07, 6.45) is 2.50. The number of hydrogen-bond donors (Lipinski definition) is 2. The Bertz CT molecular complexity index is 602. The minimum Gasteiger partial charge on any atom is -0.467 e. The fourth-order valence-corrected chi connectivity index (χ4v) is 2.24. The van der Waals surface area contributed by atoms with E-state index in [0.29, 0.717) is 18.3 Å². The number of thiocarbonyl (C=S) groups is 1. The van der Waals surface area contributed by atoms with Crippen LogP contribution >= 0.6 is 23.8 Å². The van der Waals surface area contributed by atoms with E-state index in [2.05, 4.69) is 10.6 Å². The molecule has 0 saturated carbocycles. The average Bonchev–Trinajstić information content (AvgIpc) is 3.01. The molecule has 1 aromatic carbocycles. The fourth-order valence-electron chi connectivity index (χ4n) is 1.85. The van der Waals surface area contributed by atoms with Crippen LogP contribution < -0.4 is 10.6 Å². The Hall–Kier alpha value is -1.56. The number of anilines is 1. The molecule has 0 radical (unpaired) electrons. The third-order valence-corrected chi connectivity index (χ3v) is 3.75. The number of benzene rings is 1. The molecular formula is C16H19ClN2O2S. The first kappa shape index (κ1) is 16.8. The molecule has 0 aliphatic carbocycles. The van der Waals surface area contributed by atoms with Crippen LogP contribution in [0.1, 0.15) is 17.7 Å². The van der Waals surface area contributed by atoms with E-state index in [1.165, 1.54) is 0 Å². The van der Waals surface area contributed by atoms with E-state index in [4.69, 9.17) is 33.0 Å². The van der Waals surface area contributed by atoms with Gasteiger partial charge in [0.1, 0.15) is 12.4 Å². The molecule has 2 rings (SSSR count). The van der Waals surface area contributed by atoms with Crippen molar-refractivity contribution in [3.63, 3.8) is 0 Å². The second-order valence-electron chi connectivity index (χ2n) is 4.78. The maximum absolute atomic E-state index is 6.07. The van der Waals surface area contributed by atoms with Crippen LogP contribution in [-0.2, 0) is 11.3 Å². The van der Waals surface area contributed by atoms with Crippen LogP contribution in [-0.4, -0.2) is 18.3 Å². The van der Waals surface area contributed by atoms with Crippen LogP contribution in [0.25, 0.3) is 0 Å². The van der Waals surface area contributed by atoms with Crippen molar-refractivity contribution in [2.75, 3.05) is 18.5 Å². The highest BCUT2D eigenvalue weighted by molar-refractivity contribution is 7.80. The van der Waals surface area contributed by atoms with Gasteiger partial charge < -0.3 is 19.8 Å². The molecule has 0 atom stereocenters. The Morgan fingerprint density at radius 2 is 2.18 bits per heavy atom. The summed E-state index contributed by atoms with van der Waals surface area (Å²) in [5.41, 5.74) is 1.90. The van der Waals surface area contributed by atoms with Crippen molar-refractivity contribution < 1.29 is 9.15 Å². The lowest BCUT2D eigenvalue weighted by molar-refractivity contribution is 0.105. The zero-order chi connectivity index (χ0) is 15.8. The maximum Gasteiger partial charge on any atom is 0.170 e. The lowest BCUT2D eigenvalue weighted by Gasteiger charge is -2.13. The zero-order valence-corrected chi connectivity index (χ0v) is 14.0. The van der Waals surface area contributed by atoms with Gasteiger partial charge >= 0.3 is 0 Å². The first-order valence-electron chi connectivity index (χ1n) is 7.07. The van der Waals surface area contributed by atoms with Crippen molar-refractivity contribution in [3.05, 3.63) is 52.9 Å². The van der Waals surface area contributed by atoms with Gasteiger partial charge in [-0.1, -0.05) is 17.7 Å². The Kier molecular flexibility index (Phi) is 6.71. The zero-order valence-electron chi connectivity index (χ0n) is 12.4. The molecule has 0 fully saturated rings. The number of furan rings is 1. The van der Waals surface area contributed by atoms with Gasteiger partial charge in [-0.15, -0.1) is 0 Å². The second-order valence-corrected chi connectivity index (χ2v) is 5.59. The van der Waals surface area contributed by atoms with E-state index in [0.717, 1.165) is 35.0 Å². The number of ether oxygens (including phenoxy) is 1. The van der Waals surface area contributed by atoms with E-state index >= 15 is 0 Å². The summed E-state index contributed by atoms with van der Waals surface area (Å²) >= 11 is 11.3. The minimum absolute atomic E-state index is 0.497. The number of nitrogens with one attached hydrogen (secondary N) is 2. The van der Waals surface area contributed by atoms with Crippen molar-refractivity contribution in [2.45, 2.75) is 20.0 Å². The van der Waals surface area contributed by atoms with E-state index in [1.807, 2.05) is 37.3 Å². The summed E-state index contributed by atoms with van der Waals surface area (Å²) in [7, 11) is 0. The lowest BCUT2D eigenvalue weighted by atomic mass is 10.2. The number of rotatable bonds is 7. The summed E-state index contributed by atoms with van der Waals surface area (Å²) in [6, 6.07) is 9.44. The van der Waals surface area contributed by atoms with Crippen molar-refractivity contribution in [3.8, 4) is 0 Å². The van der Waals surface area contributed by atoms with Gasteiger partial charge in [0.2, 0.25) is 0 Å². The molecule has 2 aromatic rings. The minimum atomic E-state index is 0.497. The molecule has 118 valence electrons. The molecule has 1 aromatic heterocycles. The standard InChI is InChI=1S/C16H19ClN2O2S/c1-12-14(17)6-2-7-15(12)19-16(22)18-8-4-9-20-11-13-5-3-10-21-13/h2-3,5-7,10H,4,8-9,11H2,1H3,(H2,18,19,22). The molecule has 2 N–H and O–H groups in total. The first-order chi connectivity index (χ1) is 10.7. The first-order valence-corrected chi connectivity index (χ1v) is 7.85. The molecule has 0 saturated heterocycles. The van der Waals surface area contributed by atoms with Crippen LogP contribution in [0.2, 0.25) is 5.02 Å². The van der Waals surface area contributed by atoms with Gasteiger partial charge in [0.25, 0.3) is 0 Å². The summed E-state index contributed by atoms with van der Waals surface area (Å²) < 4.78 is 10.7. The molecule has 0 amide bonds. The summed E-state index contributed by atoms with van der Waals surface area (Å²) in [6.45, 7) is 3.84. The highest BCUT2D eigenvalue weighted by atomic mass is 35.5. The molecule has 6 heteroatoms. The molecule has 22 heavy (non-hydrogen) atoms.